The van der Waals surface area contributed by atoms with Crippen molar-refractivity contribution in [1.29, 1.82) is 0 Å². The number of alkyl halides is 3. The largest absolute Gasteiger partial charge is 0.493 e. The molecule has 3 N–H and O–H groups in total. The first kappa shape index (κ1) is 38.5. The fourth-order valence-corrected chi connectivity index (χ4v) is 4.52. The first-order valence-electron chi connectivity index (χ1n) is 15.5. The van der Waals surface area contributed by atoms with E-state index in [1.807, 2.05) is 58.3 Å². The number of aliphatic imine (C=N–C) groups is 1. The van der Waals surface area contributed by atoms with E-state index in [9.17, 15) is 22.8 Å². The van der Waals surface area contributed by atoms with Gasteiger partial charge >= 0.3 is 12.1 Å². The molecule has 0 aromatic heterocycles. The topological polar surface area (TPSA) is 119 Å². The van der Waals surface area contributed by atoms with Gasteiger partial charge in [-0.3, -0.25) is 20.0 Å². The number of guanidine groups is 1. The highest BCUT2D eigenvalue weighted by atomic mass is 19.4. The van der Waals surface area contributed by atoms with Gasteiger partial charge in [0.2, 0.25) is 0 Å². The second kappa shape index (κ2) is 19.7. The van der Waals surface area contributed by atoms with Crippen LogP contribution in [-0.2, 0) is 32.0 Å². The van der Waals surface area contributed by atoms with E-state index in [0.29, 0.717) is 69.1 Å². The minimum atomic E-state index is -5.31. The van der Waals surface area contributed by atoms with Crippen LogP contribution in [0.2, 0.25) is 0 Å². The van der Waals surface area contributed by atoms with Crippen LogP contribution in [0.15, 0.2) is 47.5 Å². The Morgan fingerprint density at radius 1 is 1.02 bits per heavy atom. The van der Waals surface area contributed by atoms with Crippen molar-refractivity contribution >= 4 is 17.8 Å². The number of esters is 1. The summed E-state index contributed by atoms with van der Waals surface area (Å²) in [6, 6.07) is 13.1. The number of rotatable bonds is 19. The van der Waals surface area contributed by atoms with Crippen molar-refractivity contribution in [3.8, 4) is 16.9 Å². The second-order valence-corrected chi connectivity index (χ2v) is 11.0. The van der Waals surface area contributed by atoms with Crippen molar-refractivity contribution in [3.63, 3.8) is 0 Å². The van der Waals surface area contributed by atoms with E-state index >= 15 is 0 Å². The van der Waals surface area contributed by atoms with Crippen molar-refractivity contribution in [1.82, 2.24) is 15.1 Å². The van der Waals surface area contributed by atoms with Crippen LogP contribution < -0.4 is 15.8 Å². The second-order valence-electron chi connectivity index (χ2n) is 11.0. The third-order valence-electron chi connectivity index (χ3n) is 7.10. The zero-order valence-corrected chi connectivity index (χ0v) is 27.5. The normalized spacial score (nSPS) is 12.8. The summed E-state index contributed by atoms with van der Waals surface area (Å²) in [5, 5.41) is 2.30. The molecule has 2 aromatic carbocycles. The van der Waals surface area contributed by atoms with Crippen LogP contribution in [0.5, 0.6) is 5.75 Å². The van der Waals surface area contributed by atoms with Gasteiger partial charge in [0, 0.05) is 63.9 Å². The molecule has 0 spiro atoms. The number of methoxy groups -OCH3 is 1. The van der Waals surface area contributed by atoms with Gasteiger partial charge in [0.25, 0.3) is 5.91 Å². The van der Waals surface area contributed by atoms with Gasteiger partial charge in [-0.15, -0.1) is 0 Å². The number of likely N-dealkylation sites (N-methyl/N-ethyl adjacent to an activating group) is 2. The molecule has 13 heteroatoms. The average molecular weight is 652 g/mol. The highest BCUT2D eigenvalue weighted by molar-refractivity contribution is 5.99. The number of halogens is 3. The summed E-state index contributed by atoms with van der Waals surface area (Å²) in [5.74, 6) is -3.23. The van der Waals surface area contributed by atoms with Crippen LogP contribution in [0.4, 0.5) is 13.2 Å². The number of hydrogen-bond donors (Lipinski definition) is 2. The maximum atomic E-state index is 13.3. The zero-order chi connectivity index (χ0) is 34.1. The van der Waals surface area contributed by atoms with Gasteiger partial charge in [-0.2, -0.15) is 13.2 Å². The van der Waals surface area contributed by atoms with E-state index < -0.39 is 24.2 Å². The fourth-order valence-electron chi connectivity index (χ4n) is 4.52. The van der Waals surface area contributed by atoms with E-state index in [4.69, 9.17) is 19.9 Å². The van der Waals surface area contributed by atoms with Gasteiger partial charge in [0.05, 0.1) is 6.61 Å². The lowest BCUT2D eigenvalue weighted by Crippen LogP contribution is -2.46. The molecule has 1 atom stereocenters. The number of amides is 1. The molecule has 10 nitrogen and oxygen atoms in total. The van der Waals surface area contributed by atoms with Crippen LogP contribution in [0.1, 0.15) is 44.2 Å². The van der Waals surface area contributed by atoms with E-state index in [1.165, 1.54) is 0 Å². The lowest BCUT2D eigenvalue weighted by molar-refractivity contribution is -0.205. The summed E-state index contributed by atoms with van der Waals surface area (Å²) >= 11 is 0. The quantitative estimate of drug-likeness (QED) is 0.0994. The number of nitrogens with one attached hydrogen (secondary N) is 1. The molecule has 0 aliphatic heterocycles. The Bertz CT molecular complexity index is 1260. The van der Waals surface area contributed by atoms with Gasteiger partial charge in [-0.25, -0.2) is 4.79 Å². The number of carbonyl (C=O) groups excluding carboxylic acids is 2. The van der Waals surface area contributed by atoms with Crippen LogP contribution in [0, 0.1) is 0 Å². The highest BCUT2D eigenvalue weighted by Crippen LogP contribution is 2.37. The Labute approximate surface area is 270 Å². The van der Waals surface area contributed by atoms with Gasteiger partial charge < -0.3 is 24.8 Å². The average Bonchev–Trinajstić information content (AvgIpc) is 3.01. The Morgan fingerprint density at radius 2 is 1.74 bits per heavy atom. The maximum Gasteiger partial charge on any atom is 0.490 e. The third kappa shape index (κ3) is 13.0. The highest BCUT2D eigenvalue weighted by Gasteiger charge is 2.43. The summed E-state index contributed by atoms with van der Waals surface area (Å²) in [4.78, 5) is 33.5. The Kier molecular flexibility index (Phi) is 16.5. The van der Waals surface area contributed by atoms with Crippen molar-refractivity contribution in [2.45, 2.75) is 58.4 Å². The fraction of sp³-hybridized carbons (Fsp3) is 0.545. The molecule has 2 rings (SSSR count). The molecule has 0 bridgehead atoms. The van der Waals surface area contributed by atoms with Crippen molar-refractivity contribution in [2.75, 3.05) is 60.6 Å². The van der Waals surface area contributed by atoms with Gasteiger partial charge in [-0.05, 0) is 38.2 Å². The van der Waals surface area contributed by atoms with E-state index in [1.54, 1.807) is 19.2 Å². The molecule has 1 amide bonds. The molecule has 0 saturated carbocycles. The molecule has 256 valence electrons. The van der Waals surface area contributed by atoms with Crippen molar-refractivity contribution < 1.29 is 37.0 Å². The molecule has 2 aromatic rings. The molecule has 0 fully saturated rings. The number of unbranched alkanes of at least 4 members (excludes halogenated alkanes) is 1. The van der Waals surface area contributed by atoms with E-state index in [0.717, 1.165) is 24.1 Å². The SMILES string of the molecule is CCCCN=C(N)NC(=O)C(Cc1ccc(-c2ccccc2)c(OCCCOC)c1CN(CC)CCN(C)C)OC(=O)C(F)(F)F. The van der Waals surface area contributed by atoms with Crippen molar-refractivity contribution in [2.24, 2.45) is 10.7 Å². The van der Waals surface area contributed by atoms with Crippen LogP contribution in [0.3, 0.4) is 0 Å². The molecule has 0 aliphatic rings. The number of ether oxygens (including phenoxy) is 3. The lowest BCUT2D eigenvalue weighted by atomic mass is 9.93. The molecule has 0 saturated heterocycles. The minimum Gasteiger partial charge on any atom is -0.493 e. The summed E-state index contributed by atoms with van der Waals surface area (Å²) in [6.07, 6.45) is -5.39. The van der Waals surface area contributed by atoms with E-state index in [-0.39, 0.29) is 12.4 Å². The van der Waals surface area contributed by atoms with Crippen LogP contribution >= 0.6 is 0 Å². The van der Waals surface area contributed by atoms with Crippen molar-refractivity contribution in [3.05, 3.63) is 53.6 Å². The minimum absolute atomic E-state index is 0.269. The third-order valence-corrected chi connectivity index (χ3v) is 7.10. The van der Waals surface area contributed by atoms with Gasteiger partial charge in [-0.1, -0.05) is 62.7 Å². The van der Waals surface area contributed by atoms with Gasteiger partial charge in [0.1, 0.15) is 5.75 Å². The Balaban J connectivity index is 2.66. The number of carbonyl (C=O) groups is 2. The first-order valence-corrected chi connectivity index (χ1v) is 15.5. The predicted molar refractivity (Wildman–Crippen MR) is 173 cm³/mol. The number of nitrogens with two attached hydrogens (primary N) is 1. The summed E-state index contributed by atoms with van der Waals surface area (Å²) in [7, 11) is 5.53. The predicted octanol–water partition coefficient (Wildman–Crippen LogP) is 4.40. The maximum absolute atomic E-state index is 13.3. The Morgan fingerprint density at radius 3 is 2.35 bits per heavy atom. The molecule has 1 unspecified atom stereocenters. The summed E-state index contributed by atoms with van der Waals surface area (Å²) in [5.41, 5.74) is 8.65. The lowest BCUT2D eigenvalue weighted by Gasteiger charge is -2.27. The molecule has 46 heavy (non-hydrogen) atoms. The number of hydrogen-bond acceptors (Lipinski definition) is 8. The standard InChI is InChI=1S/C33H48F3N5O5/c1-6-8-17-38-32(37)39-30(42)28(46-31(43)33(34,35)36)22-25-15-16-26(24-13-10-9-11-14-24)29(45-21-12-20-44-5)27(25)23-41(7-2)19-18-40(3)4/h9-11,13-16,28H,6-8,12,17-23H2,1-5H3,(H3,37,38,39,42). The molecule has 0 radical (unpaired) electrons. The van der Waals surface area contributed by atoms with Gasteiger partial charge in [0.15, 0.2) is 12.1 Å². The number of nitrogens with zero attached hydrogens (tertiary/aromatic N) is 3. The van der Waals surface area contributed by atoms with Crippen LogP contribution in [0.25, 0.3) is 11.1 Å². The molecule has 0 aliphatic carbocycles. The van der Waals surface area contributed by atoms with Crippen LogP contribution in [-0.4, -0.2) is 101 Å². The zero-order valence-electron chi connectivity index (χ0n) is 27.5. The summed E-state index contributed by atoms with van der Waals surface area (Å²) < 4.78 is 56.4. The molecular weight excluding hydrogens is 603 g/mol. The van der Waals surface area contributed by atoms with E-state index in [2.05, 4.69) is 20.1 Å². The Hall–Kier alpha value is -3.68. The first-order chi connectivity index (χ1) is 21.9. The summed E-state index contributed by atoms with van der Waals surface area (Å²) in [6.45, 7) is 7.55. The monoisotopic (exact) mass is 651 g/mol. The number of benzene rings is 2. The molecule has 0 heterocycles. The molecular formula is C33H48F3N5O5. The smallest absolute Gasteiger partial charge is 0.490 e.